The molecule has 3 N–H and O–H groups in total. The zero-order valence-electron chi connectivity index (χ0n) is 48.1. The Kier molecular flexibility index (Phi) is 33.0. The summed E-state index contributed by atoms with van der Waals surface area (Å²) >= 11 is 5.08. The zero-order chi connectivity index (χ0) is 56.2. The van der Waals surface area contributed by atoms with Crippen molar-refractivity contribution >= 4 is 11.6 Å². The molecule has 0 bridgehead atoms. The Bertz CT molecular complexity index is 2500. The van der Waals surface area contributed by atoms with Crippen LogP contribution in [0.5, 0.6) is 34.5 Å². The molecule has 77 heavy (non-hydrogen) atoms. The number of alkyl halides is 1. The standard InChI is InChI=1S/C24H34O4.C21H28O3.C18H22O2.C3H7ClO/c1-5-8-9-12-20-15-22(27-17-25-6-2)24(21-13-10-11-19(4)14-21)23(16-20)28-18-26-7-3;1-4-6-7-10-17-13-19(22)21(18-11-8-9-16(3)12-18)20(14-17)24-15-23-5-2;1-3-4-5-8-14-11-16(19)18(17(20)12-14)15-9-6-7-13(2)10-15;1-2-5-3-4/h10-11,13-16H,5-9,12,17-18H2,1-4H3;8-9,11-14,22H,4-7,10,15H2,1-3H3;6-7,9-12,19-20H,3-5,8H2,1-2H3;2-3H2,1H3. The highest BCUT2D eigenvalue weighted by Gasteiger charge is 2.18. The largest absolute Gasteiger partial charge is 0.507 e. The van der Waals surface area contributed by atoms with Gasteiger partial charge in [0.2, 0.25) is 0 Å². The number of aromatic hydroxyl groups is 3. The summed E-state index contributed by atoms with van der Waals surface area (Å²) in [5, 5.41) is 31.0. The van der Waals surface area contributed by atoms with E-state index in [-0.39, 0.29) is 37.6 Å². The number of phenols is 3. The number of phenolic OH excluding ortho intramolecular Hbond substituents is 3. The molecular formula is C66H91ClO10. The first kappa shape index (κ1) is 65.5. The number of aryl methyl sites for hydroxylation is 6. The molecule has 0 aliphatic rings. The highest BCUT2D eigenvalue weighted by molar-refractivity contribution is 6.17. The summed E-state index contributed by atoms with van der Waals surface area (Å²) in [7, 11) is 0. The van der Waals surface area contributed by atoms with Gasteiger partial charge in [-0.3, -0.25) is 0 Å². The van der Waals surface area contributed by atoms with Gasteiger partial charge in [-0.2, -0.15) is 0 Å². The van der Waals surface area contributed by atoms with E-state index in [0.717, 1.165) is 100 Å². The summed E-state index contributed by atoms with van der Waals surface area (Å²) in [6.45, 7) is 23.6. The highest BCUT2D eigenvalue weighted by Crippen LogP contribution is 2.42. The van der Waals surface area contributed by atoms with Crippen LogP contribution in [0.25, 0.3) is 33.4 Å². The van der Waals surface area contributed by atoms with Crippen molar-refractivity contribution in [2.45, 2.75) is 146 Å². The Balaban J connectivity index is 0.000000294. The Morgan fingerprint density at radius 1 is 0.364 bits per heavy atom. The smallest absolute Gasteiger partial charge is 0.189 e. The lowest BCUT2D eigenvalue weighted by molar-refractivity contribution is 0.0188. The number of ether oxygens (including phenoxy) is 7. The Hall–Kier alpha value is -5.75. The van der Waals surface area contributed by atoms with E-state index in [1.54, 1.807) is 12.1 Å². The Morgan fingerprint density at radius 3 is 1.00 bits per heavy atom. The number of hydrogen-bond acceptors (Lipinski definition) is 10. The minimum absolute atomic E-state index is 0.155. The fraction of sp³-hybridized carbons (Fsp3) is 0.455. The van der Waals surface area contributed by atoms with Gasteiger partial charge in [0.15, 0.2) is 20.4 Å². The zero-order valence-corrected chi connectivity index (χ0v) is 48.9. The van der Waals surface area contributed by atoms with Crippen molar-refractivity contribution < 1.29 is 48.5 Å². The molecule has 6 aromatic rings. The average Bonchev–Trinajstić information content (AvgIpc) is 3.40. The molecule has 0 fully saturated rings. The molecule has 0 atom stereocenters. The van der Waals surface area contributed by atoms with Gasteiger partial charge in [0, 0.05) is 26.4 Å². The molecule has 0 aromatic heterocycles. The molecule has 422 valence electrons. The van der Waals surface area contributed by atoms with Gasteiger partial charge in [0.25, 0.3) is 0 Å². The van der Waals surface area contributed by atoms with Crippen molar-refractivity contribution in [1.82, 2.24) is 0 Å². The van der Waals surface area contributed by atoms with Crippen LogP contribution in [0.3, 0.4) is 0 Å². The van der Waals surface area contributed by atoms with Crippen LogP contribution in [0.4, 0.5) is 0 Å². The second kappa shape index (κ2) is 38.7. The van der Waals surface area contributed by atoms with Gasteiger partial charge in [0.05, 0.1) is 16.7 Å². The van der Waals surface area contributed by atoms with Crippen LogP contribution in [-0.4, -0.2) is 68.2 Å². The van der Waals surface area contributed by atoms with Crippen molar-refractivity contribution in [3.05, 3.63) is 143 Å². The molecular weight excluding hydrogens is 988 g/mol. The second-order valence-electron chi connectivity index (χ2n) is 18.8. The van der Waals surface area contributed by atoms with Crippen LogP contribution in [-0.2, 0) is 38.2 Å². The first-order chi connectivity index (χ1) is 37.4. The summed E-state index contributed by atoms with van der Waals surface area (Å²) in [6.07, 6.45) is 13.3. The number of hydrogen-bond donors (Lipinski definition) is 3. The monoisotopic (exact) mass is 1080 g/mol. The van der Waals surface area contributed by atoms with E-state index in [1.165, 1.54) is 49.7 Å². The quantitative estimate of drug-likeness (QED) is 0.0238. The number of unbranched alkanes of at least 4 members (excludes halogenated alkanes) is 6. The first-order valence-corrected chi connectivity index (χ1v) is 28.4. The van der Waals surface area contributed by atoms with E-state index in [0.29, 0.717) is 43.8 Å². The molecule has 0 amide bonds. The maximum atomic E-state index is 10.6. The molecule has 0 saturated carbocycles. The normalized spacial score (nSPS) is 10.6. The van der Waals surface area contributed by atoms with Gasteiger partial charge in [-0.15, -0.1) is 0 Å². The fourth-order valence-corrected chi connectivity index (χ4v) is 8.55. The van der Waals surface area contributed by atoms with Crippen LogP contribution >= 0.6 is 11.6 Å². The molecule has 11 heteroatoms. The van der Waals surface area contributed by atoms with Gasteiger partial charge in [0.1, 0.15) is 40.6 Å². The number of rotatable bonds is 29. The van der Waals surface area contributed by atoms with Crippen molar-refractivity contribution in [3.63, 3.8) is 0 Å². The van der Waals surface area contributed by atoms with Crippen molar-refractivity contribution in [2.75, 3.05) is 52.9 Å². The second-order valence-corrected chi connectivity index (χ2v) is 19.0. The van der Waals surface area contributed by atoms with Crippen LogP contribution in [0.15, 0.2) is 109 Å². The molecule has 0 aliphatic heterocycles. The van der Waals surface area contributed by atoms with Crippen LogP contribution < -0.4 is 14.2 Å². The fourth-order valence-electron chi connectivity index (χ4n) is 8.40. The molecule has 0 spiro atoms. The van der Waals surface area contributed by atoms with E-state index < -0.39 is 0 Å². The summed E-state index contributed by atoms with van der Waals surface area (Å²) < 4.78 is 38.7. The SMILES string of the molecule is CCCCCc1cc(O)c(-c2cccc(C)c2)c(O)c1.CCCCCc1cc(O)c(-c2cccc(C)c2)c(OCOCC)c1.CCCCCc1cc(OCOCC)c(-c2cccc(C)c2)c(OCOCC)c1.CCOCCl. The van der Waals surface area contributed by atoms with E-state index in [2.05, 4.69) is 74.9 Å². The predicted octanol–water partition coefficient (Wildman–Crippen LogP) is 17.6. The summed E-state index contributed by atoms with van der Waals surface area (Å²) in [5.74, 6) is 2.84. The molecule has 6 rings (SSSR count). The van der Waals surface area contributed by atoms with E-state index in [4.69, 9.17) is 40.0 Å². The predicted molar refractivity (Wildman–Crippen MR) is 318 cm³/mol. The number of benzene rings is 6. The molecule has 0 unspecified atom stereocenters. The average molecular weight is 1080 g/mol. The van der Waals surface area contributed by atoms with E-state index >= 15 is 0 Å². The molecule has 0 aliphatic carbocycles. The lowest BCUT2D eigenvalue weighted by atomic mass is 9.97. The highest BCUT2D eigenvalue weighted by atomic mass is 35.5. The molecule has 0 saturated heterocycles. The van der Waals surface area contributed by atoms with Crippen molar-refractivity contribution in [2.24, 2.45) is 0 Å². The van der Waals surface area contributed by atoms with Crippen molar-refractivity contribution in [1.29, 1.82) is 0 Å². The molecule has 0 heterocycles. The Morgan fingerprint density at radius 2 is 0.675 bits per heavy atom. The van der Waals surface area contributed by atoms with Gasteiger partial charge in [-0.05, 0) is 157 Å². The summed E-state index contributed by atoms with van der Waals surface area (Å²) in [6, 6.07) is 36.2. The first-order valence-electron chi connectivity index (χ1n) is 27.9. The third-order valence-corrected chi connectivity index (χ3v) is 12.5. The van der Waals surface area contributed by atoms with Gasteiger partial charge in [-0.1, -0.05) is 160 Å². The lowest BCUT2D eigenvalue weighted by Gasteiger charge is -2.19. The van der Waals surface area contributed by atoms with Gasteiger partial charge < -0.3 is 48.5 Å². The summed E-state index contributed by atoms with van der Waals surface area (Å²) in [5.41, 5.74) is 11.8. The van der Waals surface area contributed by atoms with Crippen LogP contribution in [0, 0.1) is 20.8 Å². The van der Waals surface area contributed by atoms with E-state index in [1.807, 2.05) is 96.1 Å². The van der Waals surface area contributed by atoms with E-state index in [9.17, 15) is 15.3 Å². The third kappa shape index (κ3) is 24.2. The maximum Gasteiger partial charge on any atom is 0.189 e. The van der Waals surface area contributed by atoms with Crippen molar-refractivity contribution in [3.8, 4) is 67.9 Å². The third-order valence-electron chi connectivity index (χ3n) is 12.3. The molecule has 10 nitrogen and oxygen atoms in total. The number of halogens is 1. The lowest BCUT2D eigenvalue weighted by Crippen LogP contribution is -2.07. The van der Waals surface area contributed by atoms with Gasteiger partial charge in [-0.25, -0.2) is 0 Å². The minimum atomic E-state index is 0.155. The molecule has 0 radical (unpaired) electrons. The molecule has 6 aromatic carbocycles. The Labute approximate surface area is 467 Å². The van der Waals surface area contributed by atoms with Crippen LogP contribution in [0.2, 0.25) is 0 Å². The van der Waals surface area contributed by atoms with Gasteiger partial charge >= 0.3 is 0 Å². The summed E-state index contributed by atoms with van der Waals surface area (Å²) in [4.78, 5) is 0. The minimum Gasteiger partial charge on any atom is -0.507 e. The van der Waals surface area contributed by atoms with Crippen LogP contribution in [0.1, 0.15) is 140 Å². The topological polar surface area (TPSA) is 125 Å². The maximum absolute atomic E-state index is 10.6.